The lowest BCUT2D eigenvalue weighted by molar-refractivity contribution is -0.387. The van der Waals surface area contributed by atoms with Gasteiger partial charge in [0.1, 0.15) is 90.4 Å². The Hall–Kier alpha value is -3.30. The van der Waals surface area contributed by atoms with Crippen molar-refractivity contribution in [3.8, 4) is 0 Å². The predicted octanol–water partition coefficient (Wildman–Crippen LogP) is -3.85. The molecule has 5 heterocycles. The van der Waals surface area contributed by atoms with Crippen molar-refractivity contribution >= 4 is 23.9 Å². The van der Waals surface area contributed by atoms with Crippen LogP contribution < -0.4 is 0 Å². The van der Waals surface area contributed by atoms with E-state index in [1.807, 2.05) is 33.8 Å². The molecule has 524 valence electrons. The van der Waals surface area contributed by atoms with Gasteiger partial charge in [0.15, 0.2) is 43.5 Å². The average Bonchev–Trinajstić information content (AvgIpc) is 0.724. The minimum atomic E-state index is -2.28. The Balaban J connectivity index is 0.991. The van der Waals surface area contributed by atoms with Crippen LogP contribution in [-0.4, -0.2) is 285 Å². The summed E-state index contributed by atoms with van der Waals surface area (Å²) in [4.78, 5) is 55.0. The first kappa shape index (κ1) is 71.5. The number of aliphatic carboxylic acids is 2. The van der Waals surface area contributed by atoms with Crippen LogP contribution in [0.25, 0.3) is 0 Å². The van der Waals surface area contributed by atoms with Gasteiger partial charge in [-0.1, -0.05) is 46.3 Å². The predicted molar refractivity (Wildman–Crippen MR) is 301 cm³/mol. The first-order chi connectivity index (χ1) is 42.8. The number of aliphatic hydroxyl groups is 14. The van der Waals surface area contributed by atoms with E-state index in [1.165, 1.54) is 20.8 Å². The summed E-state index contributed by atoms with van der Waals surface area (Å²) in [6, 6.07) is 0. The van der Waals surface area contributed by atoms with Crippen LogP contribution in [0.5, 0.6) is 0 Å². The van der Waals surface area contributed by atoms with Crippen molar-refractivity contribution < 1.29 is 153 Å². The van der Waals surface area contributed by atoms with Gasteiger partial charge in [-0.3, -0.25) is 14.4 Å². The molecule has 5 aliphatic carbocycles. The van der Waals surface area contributed by atoms with Gasteiger partial charge in [-0.15, -0.1) is 0 Å². The molecule has 0 bridgehead atoms. The number of ether oxygens (including phenoxy) is 11. The van der Waals surface area contributed by atoms with Gasteiger partial charge in [0.2, 0.25) is 6.29 Å². The molecule has 10 aliphatic rings. The van der Waals surface area contributed by atoms with E-state index < -0.39 is 253 Å². The molecule has 9 fully saturated rings. The fraction of sp³-hybridized carbons (Fsp3) is 0.902. The lowest BCUT2D eigenvalue weighted by Crippen LogP contribution is -2.71. The second kappa shape index (κ2) is 25.5. The molecule has 92 heavy (non-hydrogen) atoms. The molecular formula is C61H94O31. The zero-order chi connectivity index (χ0) is 67.8. The summed E-state index contributed by atoms with van der Waals surface area (Å²) < 4.78 is 66.3. The molecule has 5 aliphatic heterocycles. The molecule has 34 atom stereocenters. The average molecular weight is 1320 g/mol. The number of hydrogen-bond donors (Lipinski definition) is 16. The second-order valence-corrected chi connectivity index (χ2v) is 29.4. The molecule has 16 N–H and O–H groups in total. The van der Waals surface area contributed by atoms with E-state index in [0.717, 1.165) is 12.5 Å². The van der Waals surface area contributed by atoms with Gasteiger partial charge < -0.3 is 134 Å². The van der Waals surface area contributed by atoms with E-state index in [-0.39, 0.29) is 25.7 Å². The van der Waals surface area contributed by atoms with Gasteiger partial charge in [0.05, 0.1) is 49.7 Å². The van der Waals surface area contributed by atoms with Gasteiger partial charge in [-0.2, -0.15) is 0 Å². The Morgan fingerprint density at radius 3 is 1.83 bits per heavy atom. The molecule has 31 heteroatoms. The molecule has 10 rings (SSSR count). The molecule has 0 aromatic carbocycles. The van der Waals surface area contributed by atoms with Crippen LogP contribution in [0.1, 0.15) is 114 Å². The number of carboxylic acids is 2. The van der Waals surface area contributed by atoms with Crippen LogP contribution in [0.4, 0.5) is 0 Å². The summed E-state index contributed by atoms with van der Waals surface area (Å²) in [6.45, 7) is 12.8. The molecule has 4 saturated carbocycles. The van der Waals surface area contributed by atoms with Crippen LogP contribution in [0, 0.1) is 50.2 Å². The normalized spacial score (nSPS) is 53.3. The largest absolute Gasteiger partial charge is 0.481 e. The van der Waals surface area contributed by atoms with Gasteiger partial charge >= 0.3 is 23.9 Å². The van der Waals surface area contributed by atoms with Crippen LogP contribution >= 0.6 is 0 Å². The number of rotatable bonds is 15. The maximum absolute atomic E-state index is 16.1. The highest BCUT2D eigenvalue weighted by Crippen LogP contribution is 2.76. The summed E-state index contributed by atoms with van der Waals surface area (Å²) in [7, 11) is 0. The lowest BCUT2D eigenvalue weighted by atomic mass is 9.33. The highest BCUT2D eigenvalue weighted by atomic mass is 16.8. The number of carbonyl (C=O) groups is 4. The number of carbonyl (C=O) groups excluding carboxylic acids is 2. The van der Waals surface area contributed by atoms with Gasteiger partial charge in [-0.25, -0.2) is 4.79 Å². The molecule has 0 amide bonds. The topological polar surface area (TPSA) is 493 Å². The van der Waals surface area contributed by atoms with Crippen molar-refractivity contribution in [3.63, 3.8) is 0 Å². The summed E-state index contributed by atoms with van der Waals surface area (Å²) >= 11 is 0. The number of fused-ring (bicyclic) bond motifs is 7. The Bertz CT molecular complexity index is 2750. The van der Waals surface area contributed by atoms with E-state index in [1.54, 1.807) is 0 Å². The third-order valence-corrected chi connectivity index (χ3v) is 23.5. The number of esters is 2. The Labute approximate surface area is 529 Å². The highest BCUT2D eigenvalue weighted by molar-refractivity contribution is 5.80. The molecule has 31 nitrogen and oxygen atoms in total. The van der Waals surface area contributed by atoms with Crippen LogP contribution in [-0.2, 0) is 71.3 Å². The molecule has 0 aromatic rings. The molecule has 5 saturated heterocycles. The zero-order valence-electron chi connectivity index (χ0n) is 52.8. The number of allylic oxidation sites excluding steroid dienone is 2. The summed E-state index contributed by atoms with van der Waals surface area (Å²) in [5.74, 6) is -6.90. The van der Waals surface area contributed by atoms with E-state index >= 15 is 4.79 Å². The van der Waals surface area contributed by atoms with Crippen molar-refractivity contribution in [2.45, 2.75) is 273 Å². The van der Waals surface area contributed by atoms with Gasteiger partial charge in [-0.05, 0) is 112 Å². The minimum Gasteiger partial charge on any atom is -0.481 e. The second-order valence-electron chi connectivity index (χ2n) is 29.4. The van der Waals surface area contributed by atoms with Crippen LogP contribution in [0.3, 0.4) is 0 Å². The van der Waals surface area contributed by atoms with Crippen LogP contribution in [0.2, 0.25) is 0 Å². The number of carboxylic acid groups (broad SMARTS) is 2. The van der Waals surface area contributed by atoms with Crippen LogP contribution in [0.15, 0.2) is 11.6 Å². The SMILES string of the molecule is CC(=O)O[C@@H]1[C@H](O[C@@H]2OC[C@](O)(CO)[C@H]2O)[C@@H](O[C@@H]2O[C@@H](C)[C@H](O)[C@@H](O[C@@H]3O[C@H](CO)[C@@H](O)[C@H](O)[C@H]3O)[C@H]2O)[C@H](OC(=O)[C@]23CCC(C)(C)C[C@H]2C2=CC[C@@H]4[C@@]5(C)C[C@H](O)[C@H](O[C@@H]6O[C@H](C(=O)O)[C@@H](O)[C@H](O)[C@H]6O)[C@@](C)(C(=O)O)[C@@H]5CC[C@@]4(C)[C@]2(C)C[C@H]3O)O[C@@H]1C. The molecule has 0 radical (unpaired) electrons. The number of aliphatic hydroxyl groups excluding tert-OH is 13. The van der Waals surface area contributed by atoms with Crippen molar-refractivity contribution in [1.29, 1.82) is 0 Å². The van der Waals surface area contributed by atoms with E-state index in [2.05, 4.69) is 6.92 Å². The Morgan fingerprint density at radius 2 is 1.22 bits per heavy atom. The molecule has 0 unspecified atom stereocenters. The maximum Gasteiger partial charge on any atom is 0.335 e. The molecule has 0 spiro atoms. The summed E-state index contributed by atoms with van der Waals surface area (Å²) in [6.07, 6.45) is -42.0. The van der Waals surface area contributed by atoms with Gasteiger partial charge in [0.25, 0.3) is 0 Å². The third-order valence-electron chi connectivity index (χ3n) is 23.5. The van der Waals surface area contributed by atoms with Gasteiger partial charge in [0, 0.05) is 6.92 Å². The monoisotopic (exact) mass is 1320 g/mol. The summed E-state index contributed by atoms with van der Waals surface area (Å²) in [5, 5.41) is 177. The van der Waals surface area contributed by atoms with Crippen molar-refractivity contribution in [3.05, 3.63) is 11.6 Å². The van der Waals surface area contributed by atoms with Crippen molar-refractivity contribution in [2.75, 3.05) is 19.8 Å². The lowest BCUT2D eigenvalue weighted by Gasteiger charge is -2.71. The Kier molecular flexibility index (Phi) is 19.8. The number of hydrogen-bond acceptors (Lipinski definition) is 29. The van der Waals surface area contributed by atoms with E-state index in [9.17, 15) is 96.1 Å². The first-order valence-corrected chi connectivity index (χ1v) is 31.7. The van der Waals surface area contributed by atoms with E-state index in [4.69, 9.17) is 52.1 Å². The Morgan fingerprint density at radius 1 is 0.609 bits per heavy atom. The molecule has 0 aromatic heterocycles. The first-order valence-electron chi connectivity index (χ1n) is 31.7. The summed E-state index contributed by atoms with van der Waals surface area (Å²) in [5.41, 5.74) is -8.39. The minimum absolute atomic E-state index is 0.0492. The smallest absolute Gasteiger partial charge is 0.335 e. The fourth-order valence-corrected chi connectivity index (χ4v) is 18.1. The highest BCUT2D eigenvalue weighted by Gasteiger charge is 2.75. The standard InChI is InChI=1S/C61H94O31/c1-22-32(67)41(87-48-37(72)34(69)33(68)28(19-62)86-48)39(74)50(83-22)90-44-43(89-52-45(75)60(81,20-63)21-82-52)40(85-24(3)64)23(2)84-51(44)92-54(80)61-15-14-55(4,5)16-26(61)25-10-11-29-56(6)17-27(65)46(91-49-38(73)35(70)36(71)42(88-49)47(76)77)59(9,53(78)79)30(56)12-13-57(29,7)58(25,8)18-31(61)66/h10,22-23,26-46,48-52,62-63,65-75,81H,11-21H2,1-9H3,(H,76,77)(H,78,79)/t22-,23+,26-,27-,28+,29+,30+,31+,32-,33+,34-,35-,36-,37+,38+,39+,40-,41+,42-,43-,44+,45-,46-,48-,49-,50-,51-,52-,56+,57+,58+,59-,60+,61+/m0/s1. The van der Waals surface area contributed by atoms with Crippen molar-refractivity contribution in [1.82, 2.24) is 0 Å². The fourth-order valence-electron chi connectivity index (χ4n) is 18.1. The molecular weight excluding hydrogens is 1230 g/mol. The zero-order valence-corrected chi connectivity index (χ0v) is 52.8. The maximum atomic E-state index is 16.1. The van der Waals surface area contributed by atoms with Crippen molar-refractivity contribution in [2.24, 2.45) is 50.2 Å². The quantitative estimate of drug-likeness (QED) is 0.0424. The van der Waals surface area contributed by atoms with E-state index in [0.29, 0.717) is 25.7 Å². The third kappa shape index (κ3) is 11.5.